The van der Waals surface area contributed by atoms with Gasteiger partial charge in [-0.1, -0.05) is 13.8 Å². The van der Waals surface area contributed by atoms with Crippen LogP contribution in [0.25, 0.3) is 0 Å². The standard InChI is InChI=1S/C15H25N3O3/c1-7-10-11(8-2)16-17-13(12(10)14(19)20)21-9-15(3,4)18(5)6/h7-9H2,1-6H3,(H,19,20). The third kappa shape index (κ3) is 3.91. The molecule has 0 atom stereocenters. The fourth-order valence-electron chi connectivity index (χ4n) is 1.85. The first kappa shape index (κ1) is 17.4. The Balaban J connectivity index is 3.16. The summed E-state index contributed by atoms with van der Waals surface area (Å²) >= 11 is 0. The number of hydrogen-bond acceptors (Lipinski definition) is 5. The van der Waals surface area contributed by atoms with Crippen molar-refractivity contribution < 1.29 is 14.6 Å². The summed E-state index contributed by atoms with van der Waals surface area (Å²) in [4.78, 5) is 13.6. The summed E-state index contributed by atoms with van der Waals surface area (Å²) in [6.07, 6.45) is 1.24. The van der Waals surface area contributed by atoms with Crippen LogP contribution in [0.1, 0.15) is 49.3 Å². The molecule has 0 saturated carbocycles. The summed E-state index contributed by atoms with van der Waals surface area (Å²) in [5, 5.41) is 17.6. The largest absolute Gasteiger partial charge is 0.477 e. The second kappa shape index (κ2) is 6.85. The Morgan fingerprint density at radius 3 is 2.29 bits per heavy atom. The van der Waals surface area contributed by atoms with Gasteiger partial charge in [-0.05, 0) is 46.3 Å². The van der Waals surface area contributed by atoms with Crippen molar-refractivity contribution in [1.29, 1.82) is 0 Å². The van der Waals surface area contributed by atoms with Crippen LogP contribution in [0.15, 0.2) is 0 Å². The summed E-state index contributed by atoms with van der Waals surface area (Å²) in [7, 11) is 3.90. The second-order valence-electron chi connectivity index (χ2n) is 5.81. The van der Waals surface area contributed by atoms with Gasteiger partial charge in [0.25, 0.3) is 0 Å². The molecule has 6 nitrogen and oxygen atoms in total. The molecule has 1 heterocycles. The van der Waals surface area contributed by atoms with Crippen LogP contribution in [-0.2, 0) is 12.8 Å². The minimum Gasteiger partial charge on any atom is -0.477 e. The van der Waals surface area contributed by atoms with E-state index in [2.05, 4.69) is 10.2 Å². The first-order valence-electron chi connectivity index (χ1n) is 7.16. The number of carbonyl (C=O) groups is 1. The van der Waals surface area contributed by atoms with E-state index in [4.69, 9.17) is 4.74 Å². The number of carboxylic acid groups (broad SMARTS) is 1. The van der Waals surface area contributed by atoms with Gasteiger partial charge in [0.15, 0.2) is 0 Å². The van der Waals surface area contributed by atoms with Gasteiger partial charge in [-0.2, -0.15) is 5.10 Å². The molecule has 0 amide bonds. The molecule has 118 valence electrons. The lowest BCUT2D eigenvalue weighted by Gasteiger charge is -2.32. The number of ether oxygens (including phenoxy) is 1. The number of aromatic carboxylic acids is 1. The molecular weight excluding hydrogens is 270 g/mol. The predicted molar refractivity (Wildman–Crippen MR) is 81.0 cm³/mol. The highest BCUT2D eigenvalue weighted by atomic mass is 16.5. The Hall–Kier alpha value is -1.69. The van der Waals surface area contributed by atoms with E-state index in [9.17, 15) is 9.90 Å². The smallest absolute Gasteiger partial charge is 0.341 e. The zero-order valence-corrected chi connectivity index (χ0v) is 13.7. The van der Waals surface area contributed by atoms with Crippen LogP contribution in [0, 0.1) is 0 Å². The molecule has 21 heavy (non-hydrogen) atoms. The first-order chi connectivity index (χ1) is 9.74. The van der Waals surface area contributed by atoms with Crippen LogP contribution in [0.5, 0.6) is 5.88 Å². The zero-order chi connectivity index (χ0) is 16.2. The van der Waals surface area contributed by atoms with Crippen molar-refractivity contribution in [3.63, 3.8) is 0 Å². The summed E-state index contributed by atoms with van der Waals surface area (Å²) in [6, 6.07) is 0. The maximum atomic E-state index is 11.6. The van der Waals surface area contributed by atoms with Crippen molar-refractivity contribution in [3.8, 4) is 5.88 Å². The van der Waals surface area contributed by atoms with E-state index in [1.165, 1.54) is 0 Å². The SMILES string of the molecule is CCc1nnc(OCC(C)(C)N(C)C)c(C(=O)O)c1CC. The lowest BCUT2D eigenvalue weighted by Crippen LogP contribution is -2.43. The van der Waals surface area contributed by atoms with Crippen LogP contribution in [0.3, 0.4) is 0 Å². The molecule has 0 aliphatic rings. The van der Waals surface area contributed by atoms with E-state index in [0.29, 0.717) is 30.7 Å². The molecule has 0 spiro atoms. The summed E-state index contributed by atoms with van der Waals surface area (Å²) in [5.74, 6) is -0.916. The van der Waals surface area contributed by atoms with Gasteiger partial charge in [-0.25, -0.2) is 4.79 Å². The highest BCUT2D eigenvalue weighted by Gasteiger charge is 2.26. The Labute approximate surface area is 126 Å². The number of aromatic nitrogens is 2. The summed E-state index contributed by atoms with van der Waals surface area (Å²) < 4.78 is 5.67. The van der Waals surface area contributed by atoms with Crippen molar-refractivity contribution in [2.45, 2.75) is 46.1 Å². The predicted octanol–water partition coefficient (Wildman–Crippen LogP) is 2.02. The van der Waals surface area contributed by atoms with Crippen molar-refractivity contribution >= 4 is 5.97 Å². The Bertz CT molecular complexity index is 513. The van der Waals surface area contributed by atoms with E-state index in [0.717, 1.165) is 0 Å². The average molecular weight is 295 g/mol. The zero-order valence-electron chi connectivity index (χ0n) is 13.7. The molecule has 1 N–H and O–H groups in total. The molecule has 0 aliphatic heterocycles. The van der Waals surface area contributed by atoms with Crippen molar-refractivity contribution in [3.05, 3.63) is 16.8 Å². The molecule has 0 fully saturated rings. The van der Waals surface area contributed by atoms with Crippen molar-refractivity contribution in [2.75, 3.05) is 20.7 Å². The minimum absolute atomic E-state index is 0.103. The molecule has 0 unspecified atom stereocenters. The van der Waals surface area contributed by atoms with Crippen molar-refractivity contribution in [1.82, 2.24) is 15.1 Å². The lowest BCUT2D eigenvalue weighted by molar-refractivity contribution is 0.0679. The molecule has 0 radical (unpaired) electrons. The third-order valence-corrected chi connectivity index (χ3v) is 3.80. The fraction of sp³-hybridized carbons (Fsp3) is 0.667. The molecule has 0 bridgehead atoms. The maximum Gasteiger partial charge on any atom is 0.341 e. The quantitative estimate of drug-likeness (QED) is 0.829. The minimum atomic E-state index is -1.02. The van der Waals surface area contributed by atoms with Gasteiger partial charge >= 0.3 is 5.97 Å². The molecule has 0 saturated heterocycles. The molecule has 1 aromatic rings. The van der Waals surface area contributed by atoms with Gasteiger partial charge in [0, 0.05) is 5.54 Å². The Kier molecular flexibility index (Phi) is 5.66. The van der Waals surface area contributed by atoms with E-state index in [1.807, 2.05) is 46.7 Å². The topological polar surface area (TPSA) is 75.6 Å². The molecular formula is C15H25N3O3. The van der Waals surface area contributed by atoms with Crippen molar-refractivity contribution in [2.24, 2.45) is 0 Å². The number of rotatable bonds is 7. The molecule has 1 aromatic heterocycles. The lowest BCUT2D eigenvalue weighted by atomic mass is 10.0. The van der Waals surface area contributed by atoms with Crippen LogP contribution in [0.2, 0.25) is 0 Å². The van der Waals surface area contributed by atoms with Crippen LogP contribution in [0.4, 0.5) is 0 Å². The fourth-order valence-corrected chi connectivity index (χ4v) is 1.85. The number of aryl methyl sites for hydroxylation is 1. The third-order valence-electron chi connectivity index (χ3n) is 3.80. The van der Waals surface area contributed by atoms with Gasteiger partial charge in [0.05, 0.1) is 5.69 Å². The normalized spacial score (nSPS) is 11.8. The molecule has 0 aliphatic carbocycles. The molecule has 1 rings (SSSR count). The van der Waals surface area contributed by atoms with Crippen LogP contribution >= 0.6 is 0 Å². The van der Waals surface area contributed by atoms with Gasteiger partial charge in [0.2, 0.25) is 5.88 Å². The second-order valence-corrected chi connectivity index (χ2v) is 5.81. The van der Waals surface area contributed by atoms with E-state index >= 15 is 0 Å². The van der Waals surface area contributed by atoms with Gasteiger partial charge < -0.3 is 14.7 Å². The summed E-state index contributed by atoms with van der Waals surface area (Å²) in [6.45, 7) is 8.22. The highest BCUT2D eigenvalue weighted by Crippen LogP contribution is 2.24. The van der Waals surface area contributed by atoms with E-state index in [1.54, 1.807) is 0 Å². The Morgan fingerprint density at radius 2 is 1.86 bits per heavy atom. The van der Waals surface area contributed by atoms with Crippen LogP contribution in [-0.4, -0.2) is 52.4 Å². The highest BCUT2D eigenvalue weighted by molar-refractivity contribution is 5.92. The van der Waals surface area contributed by atoms with E-state index in [-0.39, 0.29) is 17.0 Å². The molecule has 0 aromatic carbocycles. The van der Waals surface area contributed by atoms with E-state index < -0.39 is 5.97 Å². The average Bonchev–Trinajstić information content (AvgIpc) is 2.43. The number of carboxylic acids is 1. The van der Waals surface area contributed by atoms with Gasteiger partial charge in [-0.15, -0.1) is 5.10 Å². The Morgan fingerprint density at radius 1 is 1.24 bits per heavy atom. The van der Waals surface area contributed by atoms with Gasteiger partial charge in [0.1, 0.15) is 12.2 Å². The maximum absolute atomic E-state index is 11.6. The van der Waals surface area contributed by atoms with Gasteiger partial charge in [-0.3, -0.25) is 0 Å². The monoisotopic (exact) mass is 295 g/mol. The number of hydrogen-bond donors (Lipinski definition) is 1. The van der Waals surface area contributed by atoms with Crippen LogP contribution < -0.4 is 4.74 Å². The first-order valence-corrected chi connectivity index (χ1v) is 7.16. The molecule has 6 heteroatoms. The summed E-state index contributed by atoms with van der Waals surface area (Å²) in [5.41, 5.74) is 1.33. The number of likely N-dealkylation sites (N-methyl/N-ethyl adjacent to an activating group) is 1. The number of nitrogens with zero attached hydrogens (tertiary/aromatic N) is 3.